The van der Waals surface area contributed by atoms with Crippen LogP contribution in [0.4, 0.5) is 11.4 Å². The second-order valence-electron chi connectivity index (χ2n) is 16.8. The molecule has 1 atom stereocenters. The third kappa shape index (κ3) is 5.69. The quantitative estimate of drug-likeness (QED) is 0.160. The normalized spacial score (nSPS) is 14.1. The number of fused-ring (bicyclic) bond motifs is 10. The summed E-state index contributed by atoms with van der Waals surface area (Å²) in [6.45, 7) is 0. The van der Waals surface area contributed by atoms with Crippen LogP contribution in [0.2, 0.25) is 0 Å². The molecular formula is C60H41N3O. The Morgan fingerprint density at radius 2 is 1.02 bits per heavy atom. The van der Waals surface area contributed by atoms with E-state index in [2.05, 4.69) is 245 Å². The average Bonchev–Trinajstić information content (AvgIpc) is 4.03. The Labute approximate surface area is 370 Å². The van der Waals surface area contributed by atoms with Crippen molar-refractivity contribution in [3.63, 3.8) is 0 Å². The van der Waals surface area contributed by atoms with Crippen LogP contribution >= 0.6 is 0 Å². The number of aromatic nitrogens is 2. The molecule has 4 heteroatoms. The van der Waals surface area contributed by atoms with Gasteiger partial charge in [0.25, 0.3) is 0 Å². The molecule has 12 aromatic rings. The summed E-state index contributed by atoms with van der Waals surface area (Å²) >= 11 is 0. The van der Waals surface area contributed by atoms with Gasteiger partial charge >= 0.3 is 0 Å². The molecule has 64 heavy (non-hydrogen) atoms. The third-order valence-electron chi connectivity index (χ3n) is 13.2. The SMILES string of the molecule is C1=CC(c2ccccc2)CC=C1N(c1ccc(-c2ccc3c(c2)c2ccccc2n3-c2ccccc2)cc1)c1cccc2c1oc1c2ccc2c1c1ccccc1n2-c1ccccc1. The van der Waals surface area contributed by atoms with Crippen molar-refractivity contribution in [2.24, 2.45) is 0 Å². The number of hydrogen-bond donors (Lipinski definition) is 0. The van der Waals surface area contributed by atoms with E-state index in [4.69, 9.17) is 4.42 Å². The van der Waals surface area contributed by atoms with E-state index >= 15 is 0 Å². The van der Waals surface area contributed by atoms with Crippen LogP contribution in [-0.4, -0.2) is 9.13 Å². The maximum atomic E-state index is 7.23. The van der Waals surface area contributed by atoms with Crippen LogP contribution in [-0.2, 0) is 0 Å². The molecule has 1 aliphatic carbocycles. The van der Waals surface area contributed by atoms with Gasteiger partial charge in [-0.1, -0.05) is 146 Å². The Balaban J connectivity index is 0.961. The van der Waals surface area contributed by atoms with Crippen molar-refractivity contribution in [3.8, 4) is 22.5 Å². The number of anilines is 2. The van der Waals surface area contributed by atoms with Gasteiger partial charge in [0.2, 0.25) is 0 Å². The Hall–Kier alpha value is -8.34. The average molecular weight is 820 g/mol. The topological polar surface area (TPSA) is 26.2 Å². The maximum Gasteiger partial charge on any atom is 0.159 e. The number of nitrogens with zero attached hydrogens (tertiary/aromatic N) is 3. The number of para-hydroxylation sites is 5. The molecule has 13 rings (SSSR count). The maximum absolute atomic E-state index is 7.23. The highest BCUT2D eigenvalue weighted by molar-refractivity contribution is 6.25. The molecule has 0 radical (unpaired) electrons. The molecule has 0 bridgehead atoms. The first-order valence-corrected chi connectivity index (χ1v) is 22.1. The molecule has 1 unspecified atom stereocenters. The molecule has 0 saturated carbocycles. The van der Waals surface area contributed by atoms with Crippen molar-refractivity contribution in [1.29, 1.82) is 0 Å². The van der Waals surface area contributed by atoms with E-state index in [-0.39, 0.29) is 0 Å². The fourth-order valence-electron chi connectivity index (χ4n) is 10.3. The summed E-state index contributed by atoms with van der Waals surface area (Å²) in [7, 11) is 0. The van der Waals surface area contributed by atoms with Crippen LogP contribution in [0.3, 0.4) is 0 Å². The van der Waals surface area contributed by atoms with Crippen LogP contribution in [0.25, 0.3) is 88.1 Å². The fourth-order valence-corrected chi connectivity index (χ4v) is 10.3. The lowest BCUT2D eigenvalue weighted by molar-refractivity contribution is 0.672. The van der Waals surface area contributed by atoms with Gasteiger partial charge in [0.1, 0.15) is 5.58 Å². The minimum Gasteiger partial charge on any atom is -0.453 e. The number of benzene rings is 9. The molecule has 0 N–H and O–H groups in total. The second kappa shape index (κ2) is 14.6. The third-order valence-corrected chi connectivity index (χ3v) is 13.2. The van der Waals surface area contributed by atoms with Gasteiger partial charge in [0, 0.05) is 55.6 Å². The van der Waals surface area contributed by atoms with Crippen LogP contribution in [0, 0.1) is 0 Å². The molecule has 302 valence electrons. The van der Waals surface area contributed by atoms with E-state index in [1.165, 1.54) is 43.9 Å². The lowest BCUT2D eigenvalue weighted by Gasteiger charge is -2.29. The summed E-state index contributed by atoms with van der Waals surface area (Å²) in [5.41, 5.74) is 15.6. The van der Waals surface area contributed by atoms with Gasteiger partial charge in [-0.2, -0.15) is 0 Å². The van der Waals surface area contributed by atoms with Crippen molar-refractivity contribution in [2.45, 2.75) is 12.3 Å². The molecule has 9 aromatic carbocycles. The zero-order valence-electron chi connectivity index (χ0n) is 35.0. The zero-order chi connectivity index (χ0) is 42.1. The standard InChI is InChI=1S/C60H41N3O/c1-4-15-40(16-5-1)41-27-32-46(33-28-41)61(47-34-29-42(30-35-47)43-31-37-55-52(39-43)48-21-10-12-24-53(48)62(55)44-17-6-2-7-18-44)57-26-14-23-49-50-36-38-56-58(60(50)64-59(49)57)51-22-11-13-25-54(51)63(56)45-19-8-3-9-20-45/h1-27,29-39,41H,28H2. The highest BCUT2D eigenvalue weighted by atomic mass is 16.3. The minimum absolute atomic E-state index is 0.314. The number of hydrogen-bond acceptors (Lipinski definition) is 2. The summed E-state index contributed by atoms with van der Waals surface area (Å²) < 4.78 is 12.0. The van der Waals surface area contributed by atoms with Gasteiger partial charge in [-0.15, -0.1) is 0 Å². The Kier molecular flexibility index (Phi) is 8.31. The summed E-state index contributed by atoms with van der Waals surface area (Å²) in [6.07, 6.45) is 7.93. The lowest BCUT2D eigenvalue weighted by Crippen LogP contribution is -2.17. The first-order valence-electron chi connectivity index (χ1n) is 22.1. The summed E-state index contributed by atoms with van der Waals surface area (Å²) in [4.78, 5) is 2.38. The van der Waals surface area contributed by atoms with E-state index in [0.717, 1.165) is 73.2 Å². The Bertz CT molecular complexity index is 3800. The molecule has 0 saturated heterocycles. The molecular weight excluding hydrogens is 779 g/mol. The van der Waals surface area contributed by atoms with E-state index in [9.17, 15) is 0 Å². The Morgan fingerprint density at radius 3 is 1.73 bits per heavy atom. The van der Waals surface area contributed by atoms with Gasteiger partial charge in [-0.3, -0.25) is 0 Å². The van der Waals surface area contributed by atoms with Crippen LogP contribution < -0.4 is 4.90 Å². The molecule has 4 nitrogen and oxygen atoms in total. The number of furan rings is 1. The molecule has 0 fully saturated rings. The van der Waals surface area contributed by atoms with E-state index in [1.807, 2.05) is 0 Å². The second-order valence-corrected chi connectivity index (χ2v) is 16.8. The molecule has 0 aliphatic heterocycles. The van der Waals surface area contributed by atoms with E-state index in [0.29, 0.717) is 5.92 Å². The van der Waals surface area contributed by atoms with Crippen molar-refractivity contribution >= 4 is 76.9 Å². The van der Waals surface area contributed by atoms with E-state index < -0.39 is 0 Å². The van der Waals surface area contributed by atoms with Gasteiger partial charge < -0.3 is 18.5 Å². The van der Waals surface area contributed by atoms with Gasteiger partial charge in [0.05, 0.1) is 33.1 Å². The molecule has 3 heterocycles. The predicted octanol–water partition coefficient (Wildman–Crippen LogP) is 16.2. The van der Waals surface area contributed by atoms with E-state index in [1.54, 1.807) is 0 Å². The zero-order valence-corrected chi connectivity index (χ0v) is 35.0. The van der Waals surface area contributed by atoms with Crippen molar-refractivity contribution < 1.29 is 4.42 Å². The van der Waals surface area contributed by atoms with Gasteiger partial charge in [0.15, 0.2) is 5.58 Å². The van der Waals surface area contributed by atoms with Crippen LogP contribution in [0.5, 0.6) is 0 Å². The van der Waals surface area contributed by atoms with Crippen molar-refractivity contribution in [3.05, 3.63) is 242 Å². The highest BCUT2D eigenvalue weighted by Crippen LogP contribution is 2.46. The number of allylic oxidation sites excluding steroid dienone is 3. The monoisotopic (exact) mass is 819 g/mol. The summed E-state index contributed by atoms with van der Waals surface area (Å²) in [5.74, 6) is 0.314. The van der Waals surface area contributed by atoms with Crippen LogP contribution in [0.15, 0.2) is 241 Å². The van der Waals surface area contributed by atoms with Crippen molar-refractivity contribution in [2.75, 3.05) is 4.90 Å². The lowest BCUT2D eigenvalue weighted by atomic mass is 9.91. The molecule has 1 aliphatic rings. The summed E-state index contributed by atoms with van der Waals surface area (Å²) in [6, 6.07) is 76.5. The highest BCUT2D eigenvalue weighted by Gasteiger charge is 2.25. The smallest absolute Gasteiger partial charge is 0.159 e. The van der Waals surface area contributed by atoms with Crippen molar-refractivity contribution in [1.82, 2.24) is 9.13 Å². The largest absolute Gasteiger partial charge is 0.453 e. The van der Waals surface area contributed by atoms with Gasteiger partial charge in [-0.25, -0.2) is 0 Å². The number of rotatable bonds is 7. The fraction of sp³-hybridized carbons (Fsp3) is 0.0333. The first kappa shape index (κ1) is 36.3. The minimum atomic E-state index is 0.314. The molecule has 0 spiro atoms. The summed E-state index contributed by atoms with van der Waals surface area (Å²) in [5, 5.41) is 6.99. The van der Waals surface area contributed by atoms with Crippen LogP contribution in [0.1, 0.15) is 17.9 Å². The molecule has 0 amide bonds. The Morgan fingerprint density at radius 1 is 0.438 bits per heavy atom. The molecule has 3 aromatic heterocycles. The van der Waals surface area contributed by atoms with Gasteiger partial charge in [-0.05, 0) is 108 Å². The predicted molar refractivity (Wildman–Crippen MR) is 267 cm³/mol. The first-order chi connectivity index (χ1) is 31.8.